The zero-order valence-electron chi connectivity index (χ0n) is 16.4. The van der Waals surface area contributed by atoms with Gasteiger partial charge in [0.05, 0.1) is 7.11 Å². The van der Waals surface area contributed by atoms with Crippen LogP contribution in [0.5, 0.6) is 11.5 Å². The van der Waals surface area contributed by atoms with Crippen LogP contribution in [0.3, 0.4) is 0 Å². The first-order valence-corrected chi connectivity index (χ1v) is 10.6. The summed E-state index contributed by atoms with van der Waals surface area (Å²) < 4.78 is 11.9. The Labute approximate surface area is 176 Å². The average Bonchev–Trinajstić information content (AvgIpc) is 2.92. The van der Waals surface area contributed by atoms with Gasteiger partial charge in [-0.1, -0.05) is 34.1 Å². The van der Waals surface area contributed by atoms with Gasteiger partial charge in [-0.3, -0.25) is 9.80 Å². The third-order valence-electron chi connectivity index (χ3n) is 4.95. The van der Waals surface area contributed by atoms with Crippen LogP contribution in [0.15, 0.2) is 53.0 Å². The normalized spacial score (nSPS) is 17.1. The number of halogens is 1. The molecule has 5 nitrogen and oxygen atoms in total. The molecule has 1 atom stereocenters. The Hall–Kier alpha value is -1.60. The number of aliphatic hydroxyl groups excluding tert-OH is 1. The monoisotopic (exact) mass is 448 g/mol. The first-order chi connectivity index (χ1) is 13.6. The Morgan fingerprint density at radius 1 is 1.00 bits per heavy atom. The van der Waals surface area contributed by atoms with Gasteiger partial charge in [0.2, 0.25) is 0 Å². The maximum absolute atomic E-state index is 10.4. The van der Waals surface area contributed by atoms with Crippen molar-refractivity contribution in [1.82, 2.24) is 9.80 Å². The van der Waals surface area contributed by atoms with Crippen molar-refractivity contribution in [1.29, 1.82) is 0 Å². The lowest BCUT2D eigenvalue weighted by atomic mass is 10.2. The molecule has 1 aliphatic rings. The number of hydrogen-bond acceptors (Lipinski definition) is 5. The van der Waals surface area contributed by atoms with Crippen molar-refractivity contribution in [2.24, 2.45) is 0 Å². The summed E-state index contributed by atoms with van der Waals surface area (Å²) in [7, 11) is 1.69. The molecule has 0 saturated carbocycles. The van der Waals surface area contributed by atoms with Gasteiger partial charge in [-0.05, 0) is 55.4 Å². The molecule has 0 bridgehead atoms. The molecule has 1 heterocycles. The summed E-state index contributed by atoms with van der Waals surface area (Å²) in [5.41, 5.74) is 1.30. The Morgan fingerprint density at radius 2 is 1.75 bits per heavy atom. The van der Waals surface area contributed by atoms with E-state index in [9.17, 15) is 5.11 Å². The number of nitrogens with zero attached hydrogens (tertiary/aromatic N) is 2. The molecule has 0 amide bonds. The fourth-order valence-electron chi connectivity index (χ4n) is 3.45. The molecule has 0 aliphatic carbocycles. The van der Waals surface area contributed by atoms with Gasteiger partial charge in [0.25, 0.3) is 0 Å². The topological polar surface area (TPSA) is 45.2 Å². The van der Waals surface area contributed by atoms with Crippen molar-refractivity contribution in [3.63, 3.8) is 0 Å². The summed E-state index contributed by atoms with van der Waals surface area (Å²) in [6, 6.07) is 16.0. The molecule has 0 radical (unpaired) electrons. The summed E-state index contributed by atoms with van der Waals surface area (Å²) in [4.78, 5) is 4.81. The number of hydrogen-bond donors (Lipinski definition) is 1. The highest BCUT2D eigenvalue weighted by atomic mass is 79.9. The first kappa shape index (κ1) is 21.1. The zero-order valence-corrected chi connectivity index (χ0v) is 18.0. The van der Waals surface area contributed by atoms with Crippen LogP contribution in [0.25, 0.3) is 0 Å². The number of rotatable bonds is 8. The quantitative estimate of drug-likeness (QED) is 0.670. The zero-order chi connectivity index (χ0) is 19.8. The third-order valence-corrected chi connectivity index (χ3v) is 5.45. The molecule has 1 saturated heterocycles. The molecule has 0 aromatic heterocycles. The molecular weight excluding hydrogens is 420 g/mol. The van der Waals surface area contributed by atoms with E-state index >= 15 is 0 Å². The fourth-order valence-corrected chi connectivity index (χ4v) is 3.83. The first-order valence-electron chi connectivity index (χ1n) is 9.76. The van der Waals surface area contributed by atoms with E-state index < -0.39 is 6.10 Å². The van der Waals surface area contributed by atoms with E-state index in [0.717, 1.165) is 55.1 Å². The second-order valence-electron chi connectivity index (χ2n) is 7.20. The molecule has 28 heavy (non-hydrogen) atoms. The van der Waals surface area contributed by atoms with Crippen LogP contribution in [0, 0.1) is 0 Å². The summed E-state index contributed by atoms with van der Waals surface area (Å²) in [6.45, 7) is 5.95. The van der Waals surface area contributed by atoms with Crippen molar-refractivity contribution < 1.29 is 14.6 Å². The SMILES string of the molecule is COc1ccc(CN2CCCN(CC(O)COc3cccc(Br)c3)CC2)cc1. The Balaban J connectivity index is 1.41. The minimum Gasteiger partial charge on any atom is -0.497 e. The lowest BCUT2D eigenvalue weighted by Gasteiger charge is -2.24. The van der Waals surface area contributed by atoms with E-state index in [2.05, 4.69) is 37.9 Å². The van der Waals surface area contributed by atoms with Gasteiger partial charge in [0.15, 0.2) is 0 Å². The van der Waals surface area contributed by atoms with E-state index in [4.69, 9.17) is 9.47 Å². The van der Waals surface area contributed by atoms with Gasteiger partial charge in [0, 0.05) is 30.7 Å². The number of β-amino-alcohol motifs (C(OH)–C–C–N with tert-alkyl or cyclic N) is 1. The van der Waals surface area contributed by atoms with Crippen LogP contribution in [-0.4, -0.2) is 67.5 Å². The minimum atomic E-state index is -0.493. The van der Waals surface area contributed by atoms with Crippen molar-refractivity contribution in [3.8, 4) is 11.5 Å². The van der Waals surface area contributed by atoms with Gasteiger partial charge in [0.1, 0.15) is 24.2 Å². The molecule has 6 heteroatoms. The highest BCUT2D eigenvalue weighted by molar-refractivity contribution is 9.10. The molecule has 152 valence electrons. The largest absolute Gasteiger partial charge is 0.497 e. The maximum atomic E-state index is 10.4. The van der Waals surface area contributed by atoms with Gasteiger partial charge in [-0.15, -0.1) is 0 Å². The summed E-state index contributed by atoms with van der Waals surface area (Å²) >= 11 is 3.43. The van der Waals surface area contributed by atoms with Crippen molar-refractivity contribution in [2.45, 2.75) is 19.1 Å². The van der Waals surface area contributed by atoms with Crippen LogP contribution < -0.4 is 9.47 Å². The van der Waals surface area contributed by atoms with Crippen LogP contribution in [0.2, 0.25) is 0 Å². The summed E-state index contributed by atoms with van der Waals surface area (Å²) in [5.74, 6) is 1.67. The molecule has 1 fully saturated rings. The fraction of sp³-hybridized carbons (Fsp3) is 0.455. The van der Waals surface area contributed by atoms with Gasteiger partial charge in [-0.2, -0.15) is 0 Å². The smallest absolute Gasteiger partial charge is 0.120 e. The van der Waals surface area contributed by atoms with E-state index in [1.807, 2.05) is 36.4 Å². The number of ether oxygens (including phenoxy) is 2. The molecule has 2 aromatic carbocycles. The predicted octanol–water partition coefficient (Wildman–Crippen LogP) is 3.41. The maximum Gasteiger partial charge on any atom is 0.120 e. The molecule has 2 aromatic rings. The number of benzene rings is 2. The number of aliphatic hydroxyl groups is 1. The average molecular weight is 449 g/mol. The highest BCUT2D eigenvalue weighted by Gasteiger charge is 2.18. The summed E-state index contributed by atoms with van der Waals surface area (Å²) in [6.07, 6.45) is 0.613. The van der Waals surface area contributed by atoms with Crippen LogP contribution in [0.4, 0.5) is 0 Å². The number of methoxy groups -OCH3 is 1. The molecule has 1 aliphatic heterocycles. The van der Waals surface area contributed by atoms with E-state index in [-0.39, 0.29) is 0 Å². The third kappa shape index (κ3) is 6.78. The molecule has 3 rings (SSSR count). The van der Waals surface area contributed by atoms with Crippen LogP contribution in [0.1, 0.15) is 12.0 Å². The van der Waals surface area contributed by atoms with E-state index in [0.29, 0.717) is 13.2 Å². The van der Waals surface area contributed by atoms with Crippen LogP contribution >= 0.6 is 15.9 Å². The van der Waals surface area contributed by atoms with E-state index in [1.165, 1.54) is 5.56 Å². The predicted molar refractivity (Wildman–Crippen MR) is 115 cm³/mol. The molecular formula is C22H29BrN2O3. The van der Waals surface area contributed by atoms with Crippen molar-refractivity contribution in [3.05, 3.63) is 58.6 Å². The van der Waals surface area contributed by atoms with Gasteiger partial charge in [-0.25, -0.2) is 0 Å². The molecule has 1 unspecified atom stereocenters. The van der Waals surface area contributed by atoms with Gasteiger partial charge >= 0.3 is 0 Å². The summed E-state index contributed by atoms with van der Waals surface area (Å²) in [5, 5.41) is 10.4. The lowest BCUT2D eigenvalue weighted by molar-refractivity contribution is 0.0692. The van der Waals surface area contributed by atoms with Crippen molar-refractivity contribution >= 4 is 15.9 Å². The standard InChI is InChI=1S/C22H29BrN2O3/c1-27-21-8-6-18(7-9-21)15-24-10-3-11-25(13-12-24)16-20(26)17-28-22-5-2-4-19(23)14-22/h2,4-9,14,20,26H,3,10-13,15-17H2,1H3. The van der Waals surface area contributed by atoms with Crippen LogP contribution in [-0.2, 0) is 6.54 Å². The highest BCUT2D eigenvalue weighted by Crippen LogP contribution is 2.18. The molecule has 1 N–H and O–H groups in total. The Morgan fingerprint density at radius 3 is 2.50 bits per heavy atom. The second-order valence-corrected chi connectivity index (χ2v) is 8.12. The lowest BCUT2D eigenvalue weighted by Crippen LogP contribution is -2.38. The van der Waals surface area contributed by atoms with Crippen molar-refractivity contribution in [2.75, 3.05) is 46.4 Å². The van der Waals surface area contributed by atoms with E-state index in [1.54, 1.807) is 7.11 Å². The second kappa shape index (κ2) is 10.8. The Bertz CT molecular complexity index is 726. The van der Waals surface area contributed by atoms with Gasteiger partial charge < -0.3 is 14.6 Å². The molecule has 0 spiro atoms. The minimum absolute atomic E-state index is 0.308. The Kier molecular flexibility index (Phi) is 8.15.